The van der Waals surface area contributed by atoms with Crippen molar-refractivity contribution in [3.8, 4) is 6.07 Å². The molecular formula is C17H20N2O. The molecule has 0 heterocycles. The van der Waals surface area contributed by atoms with E-state index in [0.29, 0.717) is 0 Å². The topological polar surface area (TPSA) is 52.9 Å². The van der Waals surface area contributed by atoms with E-state index < -0.39 is 5.54 Å². The van der Waals surface area contributed by atoms with Gasteiger partial charge in [0.25, 0.3) is 0 Å². The third-order valence-electron chi connectivity index (χ3n) is 4.71. The van der Waals surface area contributed by atoms with Gasteiger partial charge in [0.1, 0.15) is 5.54 Å². The van der Waals surface area contributed by atoms with Crippen molar-refractivity contribution in [2.45, 2.75) is 50.5 Å². The average molecular weight is 268 g/mol. The van der Waals surface area contributed by atoms with Crippen LogP contribution in [0.2, 0.25) is 0 Å². The molecule has 0 aliphatic heterocycles. The number of hydrogen-bond donors (Lipinski definition) is 1. The summed E-state index contributed by atoms with van der Waals surface area (Å²) in [6.07, 6.45) is 6.47. The molecule has 0 bridgehead atoms. The van der Waals surface area contributed by atoms with Crippen LogP contribution >= 0.6 is 0 Å². The normalized spacial score (nSPS) is 20.9. The quantitative estimate of drug-likeness (QED) is 0.896. The Morgan fingerprint density at radius 3 is 2.30 bits per heavy atom. The van der Waals surface area contributed by atoms with Gasteiger partial charge in [-0.2, -0.15) is 5.26 Å². The molecule has 0 saturated heterocycles. The molecule has 104 valence electrons. The molecule has 1 fully saturated rings. The van der Waals surface area contributed by atoms with Gasteiger partial charge in [-0.1, -0.05) is 43.5 Å². The molecule has 2 aliphatic rings. The number of benzene rings is 1. The van der Waals surface area contributed by atoms with E-state index in [1.165, 1.54) is 17.5 Å². The fourth-order valence-corrected chi connectivity index (χ4v) is 3.50. The summed E-state index contributed by atoms with van der Waals surface area (Å²) in [6, 6.07) is 10.6. The van der Waals surface area contributed by atoms with Crippen LogP contribution in [0.5, 0.6) is 0 Å². The summed E-state index contributed by atoms with van der Waals surface area (Å²) in [6.45, 7) is 0. The zero-order chi connectivity index (χ0) is 14.0. The monoisotopic (exact) mass is 268 g/mol. The maximum atomic E-state index is 12.5. The summed E-state index contributed by atoms with van der Waals surface area (Å²) in [4.78, 5) is 12.5. The first-order valence-electron chi connectivity index (χ1n) is 7.52. The van der Waals surface area contributed by atoms with Gasteiger partial charge in [0.15, 0.2) is 0 Å². The van der Waals surface area contributed by atoms with E-state index in [1.54, 1.807) is 0 Å². The maximum absolute atomic E-state index is 12.5. The molecule has 3 heteroatoms. The van der Waals surface area contributed by atoms with Crippen LogP contribution < -0.4 is 5.32 Å². The molecule has 20 heavy (non-hydrogen) atoms. The van der Waals surface area contributed by atoms with E-state index in [1.807, 2.05) is 12.1 Å². The van der Waals surface area contributed by atoms with Crippen LogP contribution in [0.4, 0.5) is 0 Å². The second-order valence-corrected chi connectivity index (χ2v) is 6.12. The third kappa shape index (κ3) is 2.43. The molecule has 0 atom stereocenters. The molecule has 0 radical (unpaired) electrons. The number of hydrogen-bond acceptors (Lipinski definition) is 2. The van der Waals surface area contributed by atoms with E-state index in [4.69, 9.17) is 0 Å². The molecule has 0 unspecified atom stereocenters. The number of fused-ring (bicyclic) bond motifs is 1. The highest BCUT2D eigenvalue weighted by atomic mass is 16.2. The number of carbonyl (C=O) groups is 1. The molecule has 1 N–H and O–H groups in total. The lowest BCUT2D eigenvalue weighted by Gasteiger charge is -2.32. The van der Waals surface area contributed by atoms with Gasteiger partial charge in [0.2, 0.25) is 5.91 Å². The Kier molecular flexibility index (Phi) is 3.48. The second-order valence-electron chi connectivity index (χ2n) is 6.12. The fraction of sp³-hybridized carbons (Fsp3) is 0.529. The molecule has 1 aromatic carbocycles. The van der Waals surface area contributed by atoms with E-state index in [2.05, 4.69) is 23.5 Å². The van der Waals surface area contributed by atoms with Crippen molar-refractivity contribution in [2.75, 3.05) is 0 Å². The van der Waals surface area contributed by atoms with Crippen LogP contribution in [0.25, 0.3) is 0 Å². The van der Waals surface area contributed by atoms with Gasteiger partial charge in [-0.05, 0) is 36.8 Å². The number of rotatable bonds is 2. The molecule has 0 spiro atoms. The Hall–Kier alpha value is -1.82. The van der Waals surface area contributed by atoms with Crippen LogP contribution in [0.3, 0.4) is 0 Å². The largest absolute Gasteiger partial charge is 0.338 e. The standard InChI is InChI=1S/C17H20N2O/c18-12-17(8-4-1-5-9-17)19-16(20)15-10-13-6-2-3-7-14(13)11-15/h2-3,6-7,15H,1,4-5,8-11H2,(H,19,20). The highest BCUT2D eigenvalue weighted by Gasteiger charge is 2.36. The minimum atomic E-state index is -0.607. The molecule has 1 aromatic rings. The Labute approximate surface area is 120 Å². The van der Waals surface area contributed by atoms with E-state index in [9.17, 15) is 10.1 Å². The molecule has 0 aromatic heterocycles. The van der Waals surface area contributed by atoms with Crippen molar-refractivity contribution in [1.29, 1.82) is 5.26 Å². The summed E-state index contributed by atoms with van der Waals surface area (Å²) in [7, 11) is 0. The lowest BCUT2D eigenvalue weighted by atomic mass is 9.82. The Balaban J connectivity index is 1.68. The summed E-state index contributed by atoms with van der Waals surface area (Å²) in [5.74, 6) is 0.0594. The van der Waals surface area contributed by atoms with Gasteiger partial charge in [-0.3, -0.25) is 4.79 Å². The third-order valence-corrected chi connectivity index (χ3v) is 4.71. The minimum absolute atomic E-state index is 0.000415. The Bertz CT molecular complexity index is 527. The van der Waals surface area contributed by atoms with Crippen molar-refractivity contribution in [3.05, 3.63) is 35.4 Å². The first-order chi connectivity index (χ1) is 9.72. The van der Waals surface area contributed by atoms with Crippen LogP contribution in [0.1, 0.15) is 43.2 Å². The van der Waals surface area contributed by atoms with Gasteiger partial charge in [-0.15, -0.1) is 0 Å². The zero-order valence-electron chi connectivity index (χ0n) is 11.7. The zero-order valence-corrected chi connectivity index (χ0v) is 11.7. The predicted molar refractivity (Wildman–Crippen MR) is 76.9 cm³/mol. The molecule has 3 nitrogen and oxygen atoms in total. The average Bonchev–Trinajstić information content (AvgIpc) is 2.92. The van der Waals surface area contributed by atoms with Crippen LogP contribution in [-0.4, -0.2) is 11.4 Å². The van der Waals surface area contributed by atoms with Crippen molar-refractivity contribution < 1.29 is 4.79 Å². The lowest BCUT2D eigenvalue weighted by Crippen LogP contribution is -2.50. The van der Waals surface area contributed by atoms with Gasteiger partial charge < -0.3 is 5.32 Å². The van der Waals surface area contributed by atoms with Gasteiger partial charge in [-0.25, -0.2) is 0 Å². The van der Waals surface area contributed by atoms with E-state index >= 15 is 0 Å². The second kappa shape index (κ2) is 5.28. The summed E-state index contributed by atoms with van der Waals surface area (Å²) >= 11 is 0. The molecule has 1 amide bonds. The van der Waals surface area contributed by atoms with Gasteiger partial charge in [0, 0.05) is 5.92 Å². The lowest BCUT2D eigenvalue weighted by molar-refractivity contribution is -0.126. The number of nitrogens with zero attached hydrogens (tertiary/aromatic N) is 1. The first kappa shape index (κ1) is 13.2. The van der Waals surface area contributed by atoms with E-state index in [0.717, 1.165) is 38.5 Å². The number of carbonyl (C=O) groups excluding carboxylic acids is 1. The van der Waals surface area contributed by atoms with Gasteiger partial charge in [0.05, 0.1) is 6.07 Å². The van der Waals surface area contributed by atoms with Crippen molar-refractivity contribution in [2.24, 2.45) is 5.92 Å². The summed E-state index contributed by atoms with van der Waals surface area (Å²) in [5, 5.41) is 12.5. The van der Waals surface area contributed by atoms with Crippen LogP contribution in [0.15, 0.2) is 24.3 Å². The highest BCUT2D eigenvalue weighted by Crippen LogP contribution is 2.30. The number of nitriles is 1. The smallest absolute Gasteiger partial charge is 0.225 e. The molecule has 1 saturated carbocycles. The summed E-state index contributed by atoms with van der Waals surface area (Å²) < 4.78 is 0. The first-order valence-corrected chi connectivity index (χ1v) is 7.52. The Morgan fingerprint density at radius 1 is 1.15 bits per heavy atom. The Morgan fingerprint density at radius 2 is 1.75 bits per heavy atom. The predicted octanol–water partition coefficient (Wildman–Crippen LogP) is 2.74. The maximum Gasteiger partial charge on any atom is 0.225 e. The molecular weight excluding hydrogens is 248 g/mol. The number of amides is 1. The fourth-order valence-electron chi connectivity index (χ4n) is 3.50. The number of nitrogens with one attached hydrogen (secondary N) is 1. The van der Waals surface area contributed by atoms with Crippen molar-refractivity contribution >= 4 is 5.91 Å². The van der Waals surface area contributed by atoms with Gasteiger partial charge >= 0.3 is 0 Å². The molecule has 2 aliphatic carbocycles. The summed E-state index contributed by atoms with van der Waals surface area (Å²) in [5.41, 5.74) is 1.95. The van der Waals surface area contributed by atoms with Crippen LogP contribution in [0, 0.1) is 17.2 Å². The van der Waals surface area contributed by atoms with E-state index in [-0.39, 0.29) is 11.8 Å². The SMILES string of the molecule is N#CC1(NC(=O)C2Cc3ccccc3C2)CCCCC1. The highest BCUT2D eigenvalue weighted by molar-refractivity contribution is 5.81. The van der Waals surface area contributed by atoms with Crippen LogP contribution in [-0.2, 0) is 17.6 Å². The molecule has 3 rings (SSSR count). The minimum Gasteiger partial charge on any atom is -0.338 e. The van der Waals surface area contributed by atoms with Crippen molar-refractivity contribution in [3.63, 3.8) is 0 Å². The van der Waals surface area contributed by atoms with Crippen molar-refractivity contribution in [1.82, 2.24) is 5.32 Å².